The van der Waals surface area contributed by atoms with Crippen molar-refractivity contribution in [3.8, 4) is 0 Å². The van der Waals surface area contributed by atoms with Gasteiger partial charge in [0.05, 0.1) is 28.2 Å². The number of nitrogens with zero attached hydrogens (tertiary/aromatic N) is 3. The van der Waals surface area contributed by atoms with Crippen LogP contribution in [0, 0.1) is 0 Å². The van der Waals surface area contributed by atoms with E-state index >= 15 is 0 Å². The van der Waals surface area contributed by atoms with Gasteiger partial charge in [-0.2, -0.15) is 0 Å². The minimum atomic E-state index is -3.39. The van der Waals surface area contributed by atoms with Gasteiger partial charge < -0.3 is 15.5 Å². The highest BCUT2D eigenvalue weighted by atomic mass is 32.2. The number of rotatable bonds is 6. The van der Waals surface area contributed by atoms with E-state index in [0.717, 1.165) is 11.2 Å². The number of sulfonamides is 1. The fourth-order valence-corrected chi connectivity index (χ4v) is 3.15. The third kappa shape index (κ3) is 3.99. The van der Waals surface area contributed by atoms with Crippen LogP contribution in [0.4, 0.5) is 16.2 Å². The molecule has 2 amide bonds. The Morgan fingerprint density at radius 3 is 2.27 bits per heavy atom. The summed E-state index contributed by atoms with van der Waals surface area (Å²) < 4.78 is 28.0. The van der Waals surface area contributed by atoms with Crippen LogP contribution >= 0.6 is 0 Å². The summed E-state index contributed by atoms with van der Waals surface area (Å²) >= 11 is 0. The molecule has 2 rings (SSSR count). The molecule has 0 unspecified atom stereocenters. The maximum atomic E-state index is 12.1. The highest BCUT2D eigenvalue weighted by Crippen LogP contribution is 2.29. The zero-order chi connectivity index (χ0) is 19.6. The number of benzene rings is 1. The normalized spacial score (nSPS) is 11.6. The Morgan fingerprint density at radius 2 is 1.73 bits per heavy atom. The van der Waals surface area contributed by atoms with Gasteiger partial charge in [0, 0.05) is 34.7 Å². The highest BCUT2D eigenvalue weighted by molar-refractivity contribution is 7.89. The van der Waals surface area contributed by atoms with E-state index in [1.54, 1.807) is 20.2 Å². The van der Waals surface area contributed by atoms with Crippen LogP contribution in [0.25, 0.3) is 11.0 Å². The minimum Gasteiger partial charge on any atom is -0.376 e. The molecule has 26 heavy (non-hydrogen) atoms. The number of amides is 2. The first-order chi connectivity index (χ1) is 12.1. The number of carbonyl (C=O) groups excluding carboxylic acids is 1. The number of urea groups is 1. The minimum absolute atomic E-state index is 0.0294. The lowest BCUT2D eigenvalue weighted by Crippen LogP contribution is -2.35. The number of aryl methyl sites for hydroxylation is 2. The topological polar surface area (TPSA) is 117 Å². The standard InChI is InChI=1S/C15H24N6O4S/c1-16-26(24,25)7-6-17-14(22)18-10-8-12-13(9-11(10)19(2)3)21(5)15(23)20(12)4/h8-9,16H,6-7H2,1-5H3,(H2,17,18,22). The maximum absolute atomic E-state index is 12.1. The molecule has 1 aromatic carbocycles. The van der Waals surface area contributed by atoms with Crippen LogP contribution in [0.5, 0.6) is 0 Å². The second-order valence-electron chi connectivity index (χ2n) is 6.06. The number of hydrogen-bond donors (Lipinski definition) is 3. The predicted octanol–water partition coefficient (Wildman–Crippen LogP) is -0.386. The van der Waals surface area contributed by atoms with Crippen molar-refractivity contribution < 1.29 is 13.2 Å². The van der Waals surface area contributed by atoms with Gasteiger partial charge in [-0.25, -0.2) is 22.7 Å². The van der Waals surface area contributed by atoms with E-state index in [-0.39, 0.29) is 18.0 Å². The summed E-state index contributed by atoms with van der Waals surface area (Å²) in [5.74, 6) is -0.219. The Morgan fingerprint density at radius 1 is 1.15 bits per heavy atom. The predicted molar refractivity (Wildman–Crippen MR) is 102 cm³/mol. The molecule has 0 saturated heterocycles. The average Bonchev–Trinajstić information content (AvgIpc) is 2.78. The number of hydrogen-bond acceptors (Lipinski definition) is 5. The lowest BCUT2D eigenvalue weighted by molar-refractivity contribution is 0.252. The quantitative estimate of drug-likeness (QED) is 0.627. The molecule has 2 aromatic rings. The summed E-state index contributed by atoms with van der Waals surface area (Å²) in [6, 6.07) is 3.01. The van der Waals surface area contributed by atoms with Crippen LogP contribution in [-0.4, -0.2) is 57.0 Å². The molecule has 11 heteroatoms. The summed E-state index contributed by atoms with van der Waals surface area (Å²) in [4.78, 5) is 26.1. The number of carbonyl (C=O) groups is 1. The van der Waals surface area contributed by atoms with E-state index in [2.05, 4.69) is 15.4 Å². The molecule has 0 aliphatic carbocycles. The Hall–Kier alpha value is -2.53. The average molecular weight is 384 g/mol. The van der Waals surface area contributed by atoms with Gasteiger partial charge in [-0.1, -0.05) is 0 Å². The van der Waals surface area contributed by atoms with Crippen molar-refractivity contribution in [3.63, 3.8) is 0 Å². The molecule has 0 spiro atoms. The van der Waals surface area contributed by atoms with E-state index < -0.39 is 16.1 Å². The number of anilines is 2. The largest absolute Gasteiger partial charge is 0.376 e. The first kappa shape index (κ1) is 19.8. The van der Waals surface area contributed by atoms with Crippen LogP contribution in [-0.2, 0) is 24.1 Å². The van der Waals surface area contributed by atoms with E-state index in [4.69, 9.17) is 0 Å². The molecular formula is C15H24N6O4S. The van der Waals surface area contributed by atoms with Gasteiger partial charge in [-0.05, 0) is 19.2 Å². The Bertz CT molecular complexity index is 990. The van der Waals surface area contributed by atoms with E-state index in [1.807, 2.05) is 25.1 Å². The van der Waals surface area contributed by atoms with Crippen LogP contribution in [0.15, 0.2) is 16.9 Å². The summed E-state index contributed by atoms with van der Waals surface area (Å²) in [5, 5.41) is 5.22. The molecule has 0 aliphatic rings. The lowest BCUT2D eigenvalue weighted by Gasteiger charge is -2.19. The number of fused-ring (bicyclic) bond motifs is 1. The zero-order valence-electron chi connectivity index (χ0n) is 15.5. The van der Waals surface area contributed by atoms with Gasteiger partial charge in [0.25, 0.3) is 0 Å². The van der Waals surface area contributed by atoms with Crippen molar-refractivity contribution in [3.05, 3.63) is 22.6 Å². The van der Waals surface area contributed by atoms with Crippen molar-refractivity contribution in [1.29, 1.82) is 0 Å². The van der Waals surface area contributed by atoms with E-state index in [0.29, 0.717) is 11.2 Å². The van der Waals surface area contributed by atoms with E-state index in [9.17, 15) is 18.0 Å². The molecule has 0 radical (unpaired) electrons. The van der Waals surface area contributed by atoms with Crippen LogP contribution < -0.4 is 25.9 Å². The van der Waals surface area contributed by atoms with Gasteiger partial charge in [-0.3, -0.25) is 9.13 Å². The van der Waals surface area contributed by atoms with Gasteiger partial charge in [0.15, 0.2) is 0 Å². The Kier molecular flexibility index (Phi) is 5.62. The zero-order valence-corrected chi connectivity index (χ0v) is 16.3. The van der Waals surface area contributed by atoms with Crippen molar-refractivity contribution in [1.82, 2.24) is 19.2 Å². The van der Waals surface area contributed by atoms with Crippen LogP contribution in [0.1, 0.15) is 0 Å². The van der Waals surface area contributed by atoms with Crippen LogP contribution in [0.3, 0.4) is 0 Å². The molecule has 0 atom stereocenters. The number of nitrogens with one attached hydrogen (secondary N) is 3. The third-order valence-corrected chi connectivity index (χ3v) is 5.45. The number of aromatic nitrogens is 2. The smallest absolute Gasteiger partial charge is 0.328 e. The molecule has 1 heterocycles. The highest BCUT2D eigenvalue weighted by Gasteiger charge is 2.15. The summed E-state index contributed by atoms with van der Waals surface area (Å²) in [7, 11) is 4.92. The fraction of sp³-hybridized carbons (Fsp3) is 0.467. The monoisotopic (exact) mass is 384 g/mol. The fourth-order valence-electron chi connectivity index (χ4n) is 2.57. The molecule has 144 valence electrons. The molecular weight excluding hydrogens is 360 g/mol. The first-order valence-corrected chi connectivity index (χ1v) is 9.55. The lowest BCUT2D eigenvalue weighted by atomic mass is 10.2. The molecule has 0 fully saturated rings. The third-order valence-electron chi connectivity index (χ3n) is 4.09. The molecule has 0 bridgehead atoms. The van der Waals surface area contributed by atoms with Crippen molar-refractivity contribution >= 4 is 38.5 Å². The SMILES string of the molecule is CNS(=O)(=O)CCNC(=O)Nc1cc2c(cc1N(C)C)n(C)c(=O)n2C. The van der Waals surface area contributed by atoms with Gasteiger partial charge >= 0.3 is 11.7 Å². The van der Waals surface area contributed by atoms with Gasteiger partial charge in [0.2, 0.25) is 10.0 Å². The second kappa shape index (κ2) is 7.38. The second-order valence-corrected chi connectivity index (χ2v) is 8.10. The molecule has 1 aromatic heterocycles. The summed E-state index contributed by atoms with van der Waals surface area (Å²) in [6.45, 7) is -0.0294. The van der Waals surface area contributed by atoms with E-state index in [1.165, 1.54) is 16.2 Å². The van der Waals surface area contributed by atoms with Gasteiger partial charge in [-0.15, -0.1) is 0 Å². The molecule has 0 saturated carbocycles. The Balaban J connectivity index is 2.28. The summed E-state index contributed by atoms with van der Waals surface area (Å²) in [5.41, 5.74) is 2.49. The molecule has 3 N–H and O–H groups in total. The Labute approximate surface area is 151 Å². The summed E-state index contributed by atoms with van der Waals surface area (Å²) in [6.07, 6.45) is 0. The number of imidazole rings is 1. The van der Waals surface area contributed by atoms with Crippen molar-refractivity contribution in [2.45, 2.75) is 0 Å². The first-order valence-electron chi connectivity index (χ1n) is 7.90. The maximum Gasteiger partial charge on any atom is 0.328 e. The van der Waals surface area contributed by atoms with Gasteiger partial charge in [0.1, 0.15) is 0 Å². The van der Waals surface area contributed by atoms with Crippen molar-refractivity contribution in [2.24, 2.45) is 14.1 Å². The van der Waals surface area contributed by atoms with Crippen LogP contribution in [0.2, 0.25) is 0 Å². The van der Waals surface area contributed by atoms with Crippen molar-refractivity contribution in [2.75, 3.05) is 43.7 Å². The molecule has 0 aliphatic heterocycles. The molecule has 10 nitrogen and oxygen atoms in total.